The highest BCUT2D eigenvalue weighted by atomic mass is 32.1. The van der Waals surface area contributed by atoms with Crippen LogP contribution in [0.4, 0.5) is 0 Å². The fourth-order valence-corrected chi connectivity index (χ4v) is 5.35. The standard InChI is InChI=1S/C23H32N4OS/c1-2-19(25-20-8-9-21-22(16-20)29-17-24-21)10-11-26-12-14-27(15-13-26)23(28)18-6-4-3-5-7-18/h3-7,17,19-20,25H,2,8-16H2,1H3. The van der Waals surface area contributed by atoms with Crippen LogP contribution < -0.4 is 5.32 Å². The van der Waals surface area contributed by atoms with E-state index in [2.05, 4.69) is 22.1 Å². The Morgan fingerprint density at radius 3 is 2.79 bits per heavy atom. The van der Waals surface area contributed by atoms with Crippen LogP contribution in [0.2, 0.25) is 0 Å². The third-order valence-electron chi connectivity index (χ3n) is 6.33. The minimum absolute atomic E-state index is 0.165. The van der Waals surface area contributed by atoms with Crippen LogP contribution in [0.5, 0.6) is 0 Å². The first-order valence-corrected chi connectivity index (χ1v) is 11.8. The molecule has 2 heterocycles. The van der Waals surface area contributed by atoms with Crippen LogP contribution in [0.3, 0.4) is 0 Å². The zero-order chi connectivity index (χ0) is 20.1. The number of rotatable bonds is 7. The molecule has 29 heavy (non-hydrogen) atoms. The predicted molar refractivity (Wildman–Crippen MR) is 119 cm³/mol. The van der Waals surface area contributed by atoms with Gasteiger partial charge in [-0.3, -0.25) is 9.69 Å². The second-order valence-corrected chi connectivity index (χ2v) is 9.16. The smallest absolute Gasteiger partial charge is 0.253 e. The molecule has 2 unspecified atom stereocenters. The van der Waals surface area contributed by atoms with Gasteiger partial charge in [-0.15, -0.1) is 11.3 Å². The summed E-state index contributed by atoms with van der Waals surface area (Å²) in [6.45, 7) is 7.00. The predicted octanol–water partition coefficient (Wildman–Crippen LogP) is 3.22. The fraction of sp³-hybridized carbons (Fsp3) is 0.565. The molecule has 1 aromatic heterocycles. The minimum Gasteiger partial charge on any atom is -0.336 e. The summed E-state index contributed by atoms with van der Waals surface area (Å²) in [6, 6.07) is 10.8. The second-order valence-electron chi connectivity index (χ2n) is 8.22. The zero-order valence-electron chi connectivity index (χ0n) is 17.3. The van der Waals surface area contributed by atoms with Crippen LogP contribution in [-0.2, 0) is 12.8 Å². The molecular weight excluding hydrogens is 380 g/mol. The molecule has 1 fully saturated rings. The van der Waals surface area contributed by atoms with E-state index in [9.17, 15) is 4.79 Å². The Balaban J connectivity index is 1.20. The van der Waals surface area contributed by atoms with Crippen molar-refractivity contribution in [1.82, 2.24) is 20.1 Å². The largest absolute Gasteiger partial charge is 0.336 e. The second kappa shape index (κ2) is 9.83. The van der Waals surface area contributed by atoms with Gasteiger partial charge in [0.1, 0.15) is 0 Å². The van der Waals surface area contributed by atoms with Crippen LogP contribution in [0.1, 0.15) is 47.1 Å². The van der Waals surface area contributed by atoms with Crippen molar-refractivity contribution < 1.29 is 4.79 Å². The van der Waals surface area contributed by atoms with Crippen molar-refractivity contribution in [1.29, 1.82) is 0 Å². The summed E-state index contributed by atoms with van der Waals surface area (Å²) in [5, 5.41) is 3.91. The van der Waals surface area contributed by atoms with Gasteiger partial charge in [0.05, 0.1) is 11.2 Å². The number of aryl methyl sites for hydroxylation is 1. The summed E-state index contributed by atoms with van der Waals surface area (Å²) in [5.74, 6) is 0.165. The Kier molecular flexibility index (Phi) is 6.95. The number of amides is 1. The van der Waals surface area contributed by atoms with Crippen molar-refractivity contribution in [3.05, 3.63) is 52.0 Å². The highest BCUT2D eigenvalue weighted by Gasteiger charge is 2.24. The minimum atomic E-state index is 0.165. The molecule has 1 aliphatic carbocycles. The van der Waals surface area contributed by atoms with E-state index >= 15 is 0 Å². The number of benzene rings is 1. The van der Waals surface area contributed by atoms with Crippen molar-refractivity contribution in [3.63, 3.8) is 0 Å². The highest BCUT2D eigenvalue weighted by Crippen LogP contribution is 2.24. The van der Waals surface area contributed by atoms with Gasteiger partial charge >= 0.3 is 0 Å². The number of fused-ring (bicyclic) bond motifs is 1. The number of piperazine rings is 1. The Bertz CT molecular complexity index is 785. The third-order valence-corrected chi connectivity index (χ3v) is 7.22. The van der Waals surface area contributed by atoms with Crippen molar-refractivity contribution in [2.75, 3.05) is 32.7 Å². The first-order valence-electron chi connectivity index (χ1n) is 11.0. The number of thiazole rings is 1. The van der Waals surface area contributed by atoms with E-state index in [0.717, 1.165) is 51.1 Å². The van der Waals surface area contributed by atoms with E-state index in [0.29, 0.717) is 12.1 Å². The first-order chi connectivity index (χ1) is 14.2. The molecule has 1 N–H and O–H groups in total. The number of carbonyl (C=O) groups excluding carboxylic acids is 1. The normalized spacial score (nSPS) is 21.0. The van der Waals surface area contributed by atoms with Gasteiger partial charge in [0.25, 0.3) is 5.91 Å². The number of hydrogen-bond acceptors (Lipinski definition) is 5. The molecule has 1 aromatic carbocycles. The van der Waals surface area contributed by atoms with E-state index < -0.39 is 0 Å². The van der Waals surface area contributed by atoms with Crippen LogP contribution in [0, 0.1) is 0 Å². The Hall–Kier alpha value is -1.76. The van der Waals surface area contributed by atoms with Gasteiger partial charge in [-0.05, 0) is 50.8 Å². The quantitative estimate of drug-likeness (QED) is 0.759. The van der Waals surface area contributed by atoms with Gasteiger partial charge in [0.2, 0.25) is 0 Å². The Morgan fingerprint density at radius 1 is 1.24 bits per heavy atom. The summed E-state index contributed by atoms with van der Waals surface area (Å²) >= 11 is 1.81. The van der Waals surface area contributed by atoms with Crippen LogP contribution in [0.15, 0.2) is 35.8 Å². The molecule has 2 atom stereocenters. The molecule has 0 bridgehead atoms. The van der Waals surface area contributed by atoms with E-state index in [1.165, 1.54) is 29.8 Å². The van der Waals surface area contributed by atoms with Crippen LogP contribution in [-0.4, -0.2) is 65.5 Å². The average Bonchev–Trinajstić information content (AvgIpc) is 3.25. The molecule has 0 radical (unpaired) electrons. The van der Waals surface area contributed by atoms with Crippen LogP contribution >= 0.6 is 11.3 Å². The number of hydrogen-bond donors (Lipinski definition) is 1. The van der Waals surface area contributed by atoms with E-state index in [1.807, 2.05) is 52.1 Å². The molecule has 6 heteroatoms. The maximum absolute atomic E-state index is 12.6. The molecule has 1 aliphatic heterocycles. The average molecular weight is 413 g/mol. The van der Waals surface area contributed by atoms with Crippen molar-refractivity contribution >= 4 is 17.2 Å². The number of aromatic nitrogens is 1. The molecule has 5 nitrogen and oxygen atoms in total. The van der Waals surface area contributed by atoms with Gasteiger partial charge < -0.3 is 10.2 Å². The van der Waals surface area contributed by atoms with Gasteiger partial charge in [-0.2, -0.15) is 0 Å². The summed E-state index contributed by atoms with van der Waals surface area (Å²) < 4.78 is 0. The number of carbonyl (C=O) groups is 1. The summed E-state index contributed by atoms with van der Waals surface area (Å²) in [5.41, 5.74) is 4.11. The molecule has 4 rings (SSSR count). The molecule has 1 amide bonds. The number of nitrogens with zero attached hydrogens (tertiary/aromatic N) is 3. The lowest BCUT2D eigenvalue weighted by Gasteiger charge is -2.36. The monoisotopic (exact) mass is 412 g/mol. The molecule has 0 spiro atoms. The lowest BCUT2D eigenvalue weighted by Crippen LogP contribution is -2.50. The maximum atomic E-state index is 12.6. The molecular formula is C23H32N4OS. The SMILES string of the molecule is CCC(CCN1CCN(C(=O)c2ccccc2)CC1)NC1CCc2ncsc2C1. The lowest BCUT2D eigenvalue weighted by atomic mass is 9.96. The number of nitrogens with one attached hydrogen (secondary N) is 1. The van der Waals surface area contributed by atoms with Crippen LogP contribution in [0.25, 0.3) is 0 Å². The fourth-order valence-electron chi connectivity index (χ4n) is 4.46. The lowest BCUT2D eigenvalue weighted by molar-refractivity contribution is 0.0631. The first kappa shape index (κ1) is 20.5. The molecule has 0 saturated carbocycles. The van der Waals surface area contributed by atoms with Crippen molar-refractivity contribution in [2.45, 2.75) is 51.1 Å². The van der Waals surface area contributed by atoms with Crippen molar-refractivity contribution in [2.24, 2.45) is 0 Å². The topological polar surface area (TPSA) is 48.5 Å². The van der Waals surface area contributed by atoms with E-state index in [-0.39, 0.29) is 5.91 Å². The van der Waals surface area contributed by atoms with E-state index in [4.69, 9.17) is 0 Å². The highest BCUT2D eigenvalue weighted by molar-refractivity contribution is 7.09. The van der Waals surface area contributed by atoms with Gasteiger partial charge in [-0.25, -0.2) is 4.98 Å². The third kappa shape index (κ3) is 5.24. The zero-order valence-corrected chi connectivity index (χ0v) is 18.2. The summed E-state index contributed by atoms with van der Waals surface area (Å²) in [4.78, 5) is 23.1. The Labute approximate surface area is 178 Å². The summed E-state index contributed by atoms with van der Waals surface area (Å²) in [7, 11) is 0. The molecule has 156 valence electrons. The van der Waals surface area contributed by atoms with Gasteiger partial charge in [0.15, 0.2) is 0 Å². The molecule has 2 aromatic rings. The Morgan fingerprint density at radius 2 is 2.03 bits per heavy atom. The van der Waals surface area contributed by atoms with E-state index in [1.54, 1.807) is 0 Å². The molecule has 2 aliphatic rings. The van der Waals surface area contributed by atoms with Gasteiger partial charge in [0, 0.05) is 48.7 Å². The summed E-state index contributed by atoms with van der Waals surface area (Å²) in [6.07, 6.45) is 5.79. The maximum Gasteiger partial charge on any atom is 0.253 e. The van der Waals surface area contributed by atoms with Gasteiger partial charge in [-0.1, -0.05) is 25.1 Å². The molecule has 1 saturated heterocycles. The van der Waals surface area contributed by atoms with Crippen molar-refractivity contribution in [3.8, 4) is 0 Å².